The standard InChI is InChI=1S/C15H29NO2/c1-3-4-5-6-7-13(2)16-10-8-14(9-11-16)12-15(17)18/h13-14H,3-12H2,1-2H3,(H,17,18). The molecule has 0 amide bonds. The van der Waals surface area contributed by atoms with Gasteiger partial charge < -0.3 is 10.0 Å². The van der Waals surface area contributed by atoms with E-state index < -0.39 is 5.97 Å². The van der Waals surface area contributed by atoms with Crippen LogP contribution in [0.2, 0.25) is 0 Å². The maximum Gasteiger partial charge on any atom is 0.303 e. The molecule has 18 heavy (non-hydrogen) atoms. The van der Waals surface area contributed by atoms with Gasteiger partial charge in [0.2, 0.25) is 0 Å². The van der Waals surface area contributed by atoms with Crippen LogP contribution in [0.5, 0.6) is 0 Å². The van der Waals surface area contributed by atoms with Crippen LogP contribution in [-0.4, -0.2) is 35.1 Å². The first-order chi connectivity index (χ1) is 8.63. The topological polar surface area (TPSA) is 40.5 Å². The van der Waals surface area contributed by atoms with Crippen molar-refractivity contribution in [3.63, 3.8) is 0 Å². The van der Waals surface area contributed by atoms with Crippen molar-refractivity contribution in [2.75, 3.05) is 13.1 Å². The Balaban J connectivity index is 2.15. The quantitative estimate of drug-likeness (QED) is 0.674. The molecular formula is C15H29NO2. The van der Waals surface area contributed by atoms with E-state index in [1.807, 2.05) is 0 Å². The van der Waals surface area contributed by atoms with Gasteiger partial charge in [-0.1, -0.05) is 32.6 Å². The summed E-state index contributed by atoms with van der Waals surface area (Å²) in [6.07, 6.45) is 9.13. The van der Waals surface area contributed by atoms with Crippen LogP contribution in [0.3, 0.4) is 0 Å². The number of likely N-dealkylation sites (tertiary alicyclic amines) is 1. The predicted molar refractivity (Wildman–Crippen MR) is 74.8 cm³/mol. The first-order valence-corrected chi connectivity index (χ1v) is 7.59. The lowest BCUT2D eigenvalue weighted by molar-refractivity contribution is -0.138. The van der Waals surface area contributed by atoms with Crippen molar-refractivity contribution >= 4 is 5.97 Å². The Hall–Kier alpha value is -0.570. The van der Waals surface area contributed by atoms with Crippen molar-refractivity contribution < 1.29 is 9.90 Å². The molecule has 0 bridgehead atoms. The second kappa shape index (κ2) is 8.52. The van der Waals surface area contributed by atoms with Gasteiger partial charge in [-0.25, -0.2) is 0 Å². The van der Waals surface area contributed by atoms with Crippen LogP contribution in [0.4, 0.5) is 0 Å². The maximum atomic E-state index is 10.7. The third-order valence-corrected chi connectivity index (χ3v) is 4.21. The SMILES string of the molecule is CCCCCCC(C)N1CCC(CC(=O)O)CC1. The van der Waals surface area contributed by atoms with Crippen LogP contribution < -0.4 is 0 Å². The maximum absolute atomic E-state index is 10.7. The van der Waals surface area contributed by atoms with Gasteiger partial charge in [0.05, 0.1) is 0 Å². The van der Waals surface area contributed by atoms with Crippen LogP contribution in [0.1, 0.15) is 65.2 Å². The highest BCUT2D eigenvalue weighted by Gasteiger charge is 2.23. The lowest BCUT2D eigenvalue weighted by atomic mass is 9.92. The van der Waals surface area contributed by atoms with Crippen LogP contribution in [-0.2, 0) is 4.79 Å². The predicted octanol–water partition coefficient (Wildman–Crippen LogP) is 3.53. The zero-order valence-electron chi connectivity index (χ0n) is 12.0. The number of hydrogen-bond acceptors (Lipinski definition) is 2. The molecule has 0 spiro atoms. The van der Waals surface area contributed by atoms with E-state index in [2.05, 4.69) is 18.7 Å². The van der Waals surface area contributed by atoms with Crippen molar-refractivity contribution in [1.29, 1.82) is 0 Å². The average Bonchev–Trinajstić information content (AvgIpc) is 2.34. The van der Waals surface area contributed by atoms with Gasteiger partial charge in [0.25, 0.3) is 0 Å². The van der Waals surface area contributed by atoms with Crippen LogP contribution in [0.25, 0.3) is 0 Å². The third-order valence-electron chi connectivity index (χ3n) is 4.21. The summed E-state index contributed by atoms with van der Waals surface area (Å²) in [5, 5.41) is 8.79. The molecule has 1 unspecified atom stereocenters. The Morgan fingerprint density at radius 1 is 1.28 bits per heavy atom. The lowest BCUT2D eigenvalue weighted by Crippen LogP contribution is -2.40. The number of carboxylic acid groups (broad SMARTS) is 1. The summed E-state index contributed by atoms with van der Waals surface area (Å²) in [6.45, 7) is 6.75. The number of nitrogens with zero attached hydrogens (tertiary/aromatic N) is 1. The molecule has 0 aromatic carbocycles. The van der Waals surface area contributed by atoms with Gasteiger partial charge in [0.15, 0.2) is 0 Å². The monoisotopic (exact) mass is 255 g/mol. The van der Waals surface area contributed by atoms with E-state index in [0.29, 0.717) is 18.4 Å². The molecule has 1 aliphatic heterocycles. The molecule has 1 aliphatic rings. The number of hydrogen-bond donors (Lipinski definition) is 1. The van der Waals surface area contributed by atoms with Gasteiger partial charge in [0, 0.05) is 12.5 Å². The molecule has 0 radical (unpaired) electrons. The second-order valence-corrected chi connectivity index (χ2v) is 5.78. The Bertz CT molecular complexity index is 235. The highest BCUT2D eigenvalue weighted by molar-refractivity contribution is 5.67. The van der Waals surface area contributed by atoms with E-state index in [0.717, 1.165) is 25.9 Å². The molecular weight excluding hydrogens is 226 g/mol. The molecule has 1 heterocycles. The van der Waals surface area contributed by atoms with Crippen molar-refractivity contribution in [3.8, 4) is 0 Å². The van der Waals surface area contributed by atoms with Gasteiger partial charge in [-0.05, 0) is 45.2 Å². The van der Waals surface area contributed by atoms with E-state index in [-0.39, 0.29) is 0 Å². The first kappa shape index (κ1) is 15.5. The molecule has 106 valence electrons. The molecule has 3 nitrogen and oxygen atoms in total. The number of carboxylic acids is 1. The van der Waals surface area contributed by atoms with Crippen LogP contribution in [0.15, 0.2) is 0 Å². The Labute approximate surface area is 112 Å². The Morgan fingerprint density at radius 2 is 1.94 bits per heavy atom. The molecule has 0 aromatic heterocycles. The molecule has 0 saturated carbocycles. The normalized spacial score (nSPS) is 19.9. The fraction of sp³-hybridized carbons (Fsp3) is 0.933. The summed E-state index contributed by atoms with van der Waals surface area (Å²) >= 11 is 0. The highest BCUT2D eigenvalue weighted by atomic mass is 16.4. The smallest absolute Gasteiger partial charge is 0.303 e. The van der Waals surface area contributed by atoms with Crippen LogP contribution in [0, 0.1) is 5.92 Å². The van der Waals surface area contributed by atoms with Crippen molar-refractivity contribution in [3.05, 3.63) is 0 Å². The molecule has 0 aliphatic carbocycles. The largest absolute Gasteiger partial charge is 0.481 e. The fourth-order valence-electron chi connectivity index (χ4n) is 2.89. The van der Waals surface area contributed by atoms with Crippen molar-refractivity contribution in [2.45, 2.75) is 71.3 Å². The van der Waals surface area contributed by atoms with E-state index in [1.54, 1.807) is 0 Å². The minimum absolute atomic E-state index is 0.360. The van der Waals surface area contributed by atoms with E-state index >= 15 is 0 Å². The lowest BCUT2D eigenvalue weighted by Gasteiger charge is -2.35. The molecule has 3 heteroatoms. The van der Waals surface area contributed by atoms with E-state index in [1.165, 1.54) is 32.1 Å². The molecule has 1 atom stereocenters. The zero-order chi connectivity index (χ0) is 13.4. The summed E-state index contributed by atoms with van der Waals surface area (Å²) in [5.74, 6) is -0.230. The van der Waals surface area contributed by atoms with E-state index in [4.69, 9.17) is 5.11 Å². The summed E-state index contributed by atoms with van der Waals surface area (Å²) < 4.78 is 0. The number of rotatable bonds is 8. The van der Waals surface area contributed by atoms with Gasteiger partial charge in [0.1, 0.15) is 0 Å². The number of piperidine rings is 1. The minimum atomic E-state index is -0.638. The fourth-order valence-corrected chi connectivity index (χ4v) is 2.89. The molecule has 0 aromatic rings. The van der Waals surface area contributed by atoms with Gasteiger partial charge >= 0.3 is 5.97 Å². The summed E-state index contributed by atoms with van der Waals surface area (Å²) in [5.41, 5.74) is 0. The number of carbonyl (C=O) groups is 1. The highest BCUT2D eigenvalue weighted by Crippen LogP contribution is 2.23. The van der Waals surface area contributed by atoms with Crippen molar-refractivity contribution in [2.24, 2.45) is 5.92 Å². The second-order valence-electron chi connectivity index (χ2n) is 5.78. The zero-order valence-corrected chi connectivity index (χ0v) is 12.0. The number of aliphatic carboxylic acids is 1. The molecule has 1 N–H and O–H groups in total. The first-order valence-electron chi connectivity index (χ1n) is 7.59. The van der Waals surface area contributed by atoms with Gasteiger partial charge in [-0.2, -0.15) is 0 Å². The van der Waals surface area contributed by atoms with Gasteiger partial charge in [-0.3, -0.25) is 4.79 Å². The number of unbranched alkanes of at least 4 members (excludes halogenated alkanes) is 3. The molecule has 1 saturated heterocycles. The Kier molecular flexibility index (Phi) is 7.33. The average molecular weight is 255 g/mol. The van der Waals surface area contributed by atoms with Crippen LogP contribution >= 0.6 is 0 Å². The summed E-state index contributed by atoms with van der Waals surface area (Å²) in [4.78, 5) is 13.2. The minimum Gasteiger partial charge on any atom is -0.481 e. The van der Waals surface area contributed by atoms with E-state index in [9.17, 15) is 4.79 Å². The Morgan fingerprint density at radius 3 is 2.50 bits per heavy atom. The summed E-state index contributed by atoms with van der Waals surface area (Å²) in [6, 6.07) is 0.674. The van der Waals surface area contributed by atoms with Gasteiger partial charge in [-0.15, -0.1) is 0 Å². The molecule has 1 rings (SSSR count). The van der Waals surface area contributed by atoms with Crippen molar-refractivity contribution in [1.82, 2.24) is 4.90 Å². The molecule has 1 fully saturated rings. The summed E-state index contributed by atoms with van der Waals surface area (Å²) in [7, 11) is 0. The third kappa shape index (κ3) is 5.85.